The molecule has 0 fully saturated rings. The molecule has 0 bridgehead atoms. The Labute approximate surface area is 169 Å². The topological polar surface area (TPSA) is 55.2 Å². The maximum atomic E-state index is 13.1. The largest absolute Gasteiger partial charge is 0.307 e. The highest BCUT2D eigenvalue weighted by molar-refractivity contribution is 7.18. The lowest BCUT2D eigenvalue weighted by Crippen LogP contribution is -2.40. The number of carbonyl (C=O) groups is 1. The molecular formula is C21H17N3O2S2. The van der Waals surface area contributed by atoms with Crippen LogP contribution in [0.1, 0.15) is 12.5 Å². The smallest absolute Gasteiger partial charge is 0.263 e. The van der Waals surface area contributed by atoms with E-state index in [0.717, 1.165) is 22.5 Å². The minimum absolute atomic E-state index is 0.0137. The maximum Gasteiger partial charge on any atom is 0.263 e. The molecule has 0 saturated carbocycles. The Bertz CT molecular complexity index is 1240. The third-order valence-electron chi connectivity index (χ3n) is 5.13. The molecule has 28 heavy (non-hydrogen) atoms. The minimum atomic E-state index is -0.164. The van der Waals surface area contributed by atoms with Crippen molar-refractivity contribution in [3.8, 4) is 10.4 Å². The monoisotopic (exact) mass is 407 g/mol. The molecule has 3 aromatic heterocycles. The van der Waals surface area contributed by atoms with Gasteiger partial charge in [0.2, 0.25) is 5.91 Å². The van der Waals surface area contributed by atoms with Gasteiger partial charge in [0.15, 0.2) is 0 Å². The molecule has 5 nitrogen and oxygen atoms in total. The number of carbonyl (C=O) groups excluding carboxylic acids is 1. The van der Waals surface area contributed by atoms with Crippen molar-refractivity contribution in [3.63, 3.8) is 0 Å². The van der Waals surface area contributed by atoms with Gasteiger partial charge in [-0.25, -0.2) is 4.98 Å². The average molecular weight is 408 g/mol. The fraction of sp³-hybridized carbons (Fsp3) is 0.190. The highest BCUT2D eigenvalue weighted by Gasteiger charge is 2.30. The van der Waals surface area contributed by atoms with Crippen LogP contribution in [0.2, 0.25) is 0 Å². The predicted molar refractivity (Wildman–Crippen MR) is 114 cm³/mol. The van der Waals surface area contributed by atoms with Gasteiger partial charge in [-0.15, -0.1) is 22.7 Å². The highest BCUT2D eigenvalue weighted by atomic mass is 32.1. The molecule has 0 radical (unpaired) electrons. The molecule has 1 aliphatic heterocycles. The Kier molecular flexibility index (Phi) is 4.14. The molecule has 4 aromatic rings. The summed E-state index contributed by atoms with van der Waals surface area (Å²) in [6.45, 7) is 2.02. The van der Waals surface area contributed by atoms with E-state index in [9.17, 15) is 9.59 Å². The van der Waals surface area contributed by atoms with E-state index < -0.39 is 0 Å². The van der Waals surface area contributed by atoms with E-state index in [2.05, 4.69) is 11.1 Å². The number of fused-ring (bicyclic) bond motifs is 2. The van der Waals surface area contributed by atoms with Crippen LogP contribution in [0.3, 0.4) is 0 Å². The lowest BCUT2D eigenvalue weighted by Gasteiger charge is -2.23. The van der Waals surface area contributed by atoms with Crippen molar-refractivity contribution in [1.29, 1.82) is 0 Å². The summed E-state index contributed by atoms with van der Waals surface area (Å²) >= 11 is 3.05. The summed E-state index contributed by atoms with van der Waals surface area (Å²) in [7, 11) is 0. The number of thiophene rings is 2. The van der Waals surface area contributed by atoms with Crippen LogP contribution in [0.4, 0.5) is 5.69 Å². The summed E-state index contributed by atoms with van der Waals surface area (Å²) in [5, 5.41) is 4.55. The van der Waals surface area contributed by atoms with Gasteiger partial charge in [-0.05, 0) is 36.4 Å². The first-order chi connectivity index (χ1) is 13.6. The summed E-state index contributed by atoms with van der Waals surface area (Å²) in [5.41, 5.74) is 2.84. The Hall–Kier alpha value is -2.77. The number of para-hydroxylation sites is 1. The van der Waals surface area contributed by atoms with Crippen molar-refractivity contribution in [3.05, 3.63) is 69.4 Å². The molecule has 4 heterocycles. The van der Waals surface area contributed by atoms with Crippen LogP contribution in [0, 0.1) is 0 Å². The summed E-state index contributed by atoms with van der Waals surface area (Å²) < 4.78 is 1.43. The van der Waals surface area contributed by atoms with Crippen LogP contribution in [-0.2, 0) is 17.8 Å². The summed E-state index contributed by atoms with van der Waals surface area (Å²) in [6.07, 6.45) is 2.32. The molecular weight excluding hydrogens is 390 g/mol. The zero-order valence-electron chi connectivity index (χ0n) is 15.2. The summed E-state index contributed by atoms with van der Waals surface area (Å²) in [5.74, 6) is -0.0893. The maximum absolute atomic E-state index is 13.1. The van der Waals surface area contributed by atoms with Gasteiger partial charge in [-0.3, -0.25) is 14.2 Å². The number of amides is 1. The van der Waals surface area contributed by atoms with Crippen molar-refractivity contribution in [2.45, 2.75) is 25.9 Å². The number of rotatable bonds is 3. The first-order valence-electron chi connectivity index (χ1n) is 9.04. The lowest BCUT2D eigenvalue weighted by molar-refractivity contribution is -0.119. The van der Waals surface area contributed by atoms with Gasteiger partial charge in [0.25, 0.3) is 5.56 Å². The summed E-state index contributed by atoms with van der Waals surface area (Å²) in [6, 6.07) is 12.0. The van der Waals surface area contributed by atoms with Gasteiger partial charge in [0, 0.05) is 27.5 Å². The van der Waals surface area contributed by atoms with Gasteiger partial charge < -0.3 is 4.90 Å². The predicted octanol–water partition coefficient (Wildman–Crippen LogP) is 4.16. The van der Waals surface area contributed by atoms with Crippen LogP contribution in [0.5, 0.6) is 0 Å². The SMILES string of the molecule is CC1Cc2ccccc2N1C(=O)Cn1cnc2scc(-c3cccs3)c2c1=O. The second-order valence-corrected chi connectivity index (χ2v) is 8.74. The molecule has 0 N–H and O–H groups in total. The summed E-state index contributed by atoms with van der Waals surface area (Å²) in [4.78, 5) is 34.2. The minimum Gasteiger partial charge on any atom is -0.307 e. The molecule has 7 heteroatoms. The lowest BCUT2D eigenvalue weighted by atomic mass is 10.1. The van der Waals surface area contributed by atoms with E-state index in [1.165, 1.54) is 27.8 Å². The molecule has 1 aromatic carbocycles. The third-order valence-corrected chi connectivity index (χ3v) is 6.92. The van der Waals surface area contributed by atoms with Crippen LogP contribution >= 0.6 is 22.7 Å². The first kappa shape index (κ1) is 17.3. The number of aromatic nitrogens is 2. The van der Waals surface area contributed by atoms with Gasteiger partial charge in [-0.2, -0.15) is 0 Å². The Morgan fingerprint density at radius 2 is 2.07 bits per heavy atom. The molecule has 1 aliphatic rings. The van der Waals surface area contributed by atoms with E-state index in [4.69, 9.17) is 0 Å². The Morgan fingerprint density at radius 1 is 1.21 bits per heavy atom. The van der Waals surface area contributed by atoms with Crippen molar-refractivity contribution < 1.29 is 4.79 Å². The van der Waals surface area contributed by atoms with Crippen molar-refractivity contribution in [2.75, 3.05) is 4.90 Å². The van der Waals surface area contributed by atoms with Crippen LogP contribution in [-0.4, -0.2) is 21.5 Å². The number of hydrogen-bond donors (Lipinski definition) is 0. The molecule has 1 unspecified atom stereocenters. The van der Waals surface area contributed by atoms with Crippen molar-refractivity contribution >= 4 is 44.5 Å². The van der Waals surface area contributed by atoms with E-state index in [0.29, 0.717) is 10.2 Å². The molecule has 1 atom stereocenters. The number of nitrogens with zero attached hydrogens (tertiary/aromatic N) is 3. The van der Waals surface area contributed by atoms with Crippen LogP contribution in [0.15, 0.2) is 58.3 Å². The zero-order chi connectivity index (χ0) is 19.3. The van der Waals surface area contributed by atoms with E-state index >= 15 is 0 Å². The van der Waals surface area contributed by atoms with Crippen molar-refractivity contribution in [2.24, 2.45) is 0 Å². The molecule has 0 spiro atoms. The third kappa shape index (κ3) is 2.70. The van der Waals surface area contributed by atoms with Gasteiger partial charge in [0.1, 0.15) is 11.4 Å². The highest BCUT2D eigenvalue weighted by Crippen LogP contribution is 2.34. The molecule has 5 rings (SSSR count). The van der Waals surface area contributed by atoms with Crippen LogP contribution < -0.4 is 10.5 Å². The first-order valence-corrected chi connectivity index (χ1v) is 10.8. The van der Waals surface area contributed by atoms with Crippen molar-refractivity contribution in [1.82, 2.24) is 9.55 Å². The number of anilines is 1. The van der Waals surface area contributed by atoms with Gasteiger partial charge in [-0.1, -0.05) is 24.3 Å². The fourth-order valence-electron chi connectivity index (χ4n) is 3.86. The Balaban J connectivity index is 1.52. The Morgan fingerprint density at radius 3 is 2.89 bits per heavy atom. The molecule has 140 valence electrons. The molecule has 1 amide bonds. The second kappa shape index (κ2) is 6.68. The number of benzene rings is 1. The van der Waals surface area contributed by atoms with E-state index in [-0.39, 0.29) is 24.1 Å². The fourth-order valence-corrected chi connectivity index (χ4v) is 5.58. The normalized spacial score (nSPS) is 15.9. The van der Waals surface area contributed by atoms with Gasteiger partial charge in [0.05, 0.1) is 11.7 Å². The van der Waals surface area contributed by atoms with E-state index in [1.54, 1.807) is 16.2 Å². The standard InChI is InChI=1S/C21H17N3O2S2/c1-13-9-14-5-2-3-6-16(14)24(13)18(25)10-23-12-22-20-19(21(23)26)15(11-28-20)17-7-4-8-27-17/h2-8,11-13H,9-10H2,1H3. The van der Waals surface area contributed by atoms with Gasteiger partial charge >= 0.3 is 0 Å². The van der Waals surface area contributed by atoms with Crippen LogP contribution in [0.25, 0.3) is 20.7 Å². The average Bonchev–Trinajstić information content (AvgIpc) is 3.40. The quantitative estimate of drug-likeness (QED) is 0.512. The molecule has 0 aliphatic carbocycles. The number of hydrogen-bond acceptors (Lipinski definition) is 5. The zero-order valence-corrected chi connectivity index (χ0v) is 16.8. The molecule has 0 saturated heterocycles. The van der Waals surface area contributed by atoms with E-state index in [1.807, 2.05) is 48.0 Å². The second-order valence-electron chi connectivity index (χ2n) is 6.93.